The smallest absolute Gasteiger partial charge is 0.102 e. The summed E-state index contributed by atoms with van der Waals surface area (Å²) < 4.78 is 2.24. The maximum absolute atomic E-state index is 6.03. The Morgan fingerprint density at radius 1 is 0.857 bits per heavy atom. The summed E-state index contributed by atoms with van der Waals surface area (Å²) in [5.74, 6) is 5.49. The van der Waals surface area contributed by atoms with Gasteiger partial charge in [0.2, 0.25) is 0 Å². The number of aliphatic imine (C=N–C) groups is 2. The van der Waals surface area contributed by atoms with Gasteiger partial charge in [-0.2, -0.15) is 0 Å². The van der Waals surface area contributed by atoms with Crippen LogP contribution >= 0.6 is 0 Å². The lowest BCUT2D eigenvalue weighted by molar-refractivity contribution is 1.05. The second-order valence-electron chi connectivity index (χ2n) is 15.6. The van der Waals surface area contributed by atoms with Crippen molar-refractivity contribution in [1.29, 1.82) is 0 Å². The van der Waals surface area contributed by atoms with E-state index in [0.29, 0.717) is 13.0 Å². The van der Waals surface area contributed by atoms with Gasteiger partial charge in [-0.05, 0) is 123 Å². The molecule has 4 aromatic rings. The van der Waals surface area contributed by atoms with E-state index in [2.05, 4.69) is 147 Å². The van der Waals surface area contributed by atoms with Crippen LogP contribution in [0.15, 0.2) is 251 Å². The summed E-state index contributed by atoms with van der Waals surface area (Å²) in [6.45, 7) is 16.7. The first-order valence-corrected chi connectivity index (χ1v) is 23.0. The monoisotopic (exact) mass is 908 g/mol. The lowest BCUT2D eigenvalue weighted by Crippen LogP contribution is -2.23. The van der Waals surface area contributed by atoms with E-state index in [1.54, 1.807) is 24.4 Å². The van der Waals surface area contributed by atoms with Crippen molar-refractivity contribution < 1.29 is 0 Å². The fourth-order valence-corrected chi connectivity index (χ4v) is 7.85. The fraction of sp³-hybridized carbons (Fsp3) is 0.109. The number of unbranched alkanes of at least 4 members (excludes halogenated alkanes) is 1. The summed E-state index contributed by atoms with van der Waals surface area (Å²) in [6.07, 6.45) is 57.0. The van der Waals surface area contributed by atoms with Gasteiger partial charge in [0, 0.05) is 65.3 Å². The molecule has 8 rings (SSSR count). The van der Waals surface area contributed by atoms with Crippen molar-refractivity contribution in [1.82, 2.24) is 14.5 Å². The third-order valence-electron chi connectivity index (χ3n) is 10.6. The number of terminal acetylenes is 2. The van der Waals surface area contributed by atoms with Crippen molar-refractivity contribution in [3.63, 3.8) is 0 Å². The normalized spacial score (nSPS) is 14.8. The van der Waals surface area contributed by atoms with Crippen molar-refractivity contribution in [2.45, 2.75) is 40.0 Å². The van der Waals surface area contributed by atoms with E-state index in [1.807, 2.05) is 106 Å². The largest absolute Gasteiger partial charge is 0.308 e. The summed E-state index contributed by atoms with van der Waals surface area (Å²) in [6, 6.07) is 18.3. The summed E-state index contributed by atoms with van der Waals surface area (Å²) in [4.78, 5) is 20.9. The van der Waals surface area contributed by atoms with Crippen LogP contribution in [0.3, 0.4) is 0 Å². The Labute approximate surface area is 414 Å². The van der Waals surface area contributed by atoms with Crippen LogP contribution in [0.5, 0.6) is 0 Å². The quantitative estimate of drug-likeness (QED) is 0.0316. The Morgan fingerprint density at radius 3 is 2.43 bits per heavy atom. The first kappa shape index (κ1) is 50.2. The molecule has 0 saturated heterocycles. The van der Waals surface area contributed by atoms with Crippen molar-refractivity contribution in [3.8, 4) is 24.7 Å². The lowest BCUT2D eigenvalue weighted by atomic mass is 9.97. The Bertz CT molecular complexity index is 3290. The zero-order valence-electron chi connectivity index (χ0n) is 40.2. The lowest BCUT2D eigenvalue weighted by Gasteiger charge is -2.29. The van der Waals surface area contributed by atoms with Crippen molar-refractivity contribution in [3.05, 3.63) is 264 Å². The number of rotatable bonds is 14. The molecule has 0 amide bonds. The highest BCUT2D eigenvalue weighted by atomic mass is 15.2. The highest BCUT2D eigenvalue weighted by Gasteiger charge is 2.27. The third kappa shape index (κ3) is 12.4. The minimum Gasteiger partial charge on any atom is -0.308 e. The maximum atomic E-state index is 6.03. The van der Waals surface area contributed by atoms with Crippen LogP contribution in [0, 0.1) is 24.7 Å². The number of anilines is 1. The topological polar surface area (TPSA) is 58.7 Å². The van der Waals surface area contributed by atoms with Crippen LogP contribution in [0.25, 0.3) is 34.0 Å². The molecule has 0 fully saturated rings. The van der Waals surface area contributed by atoms with E-state index in [1.165, 1.54) is 0 Å². The second kappa shape index (κ2) is 26.2. The van der Waals surface area contributed by atoms with Gasteiger partial charge < -0.3 is 9.47 Å². The van der Waals surface area contributed by atoms with Gasteiger partial charge in [0.15, 0.2) is 0 Å². The minimum absolute atomic E-state index is 0.334. The van der Waals surface area contributed by atoms with E-state index < -0.39 is 0 Å². The number of pyridine rings is 2. The van der Waals surface area contributed by atoms with Crippen LogP contribution in [0.1, 0.15) is 56.1 Å². The molecule has 0 atom stereocenters. The standard InChI is InChI=1S/C58H44N6.2C3H6/c1-5-19-43(20-6-2)49-38-46(32-36-60-42-49)45-30-31-52-39-48(37-45)57-55(28-17-34-61-57)63(52)50-25-15-16-26-51(40-50)64-54(53(21-7-3)58-56(64)29-18-35-62-58)27-14-10-13-24-47(41-59-33-8-4)44-22-11-9-12-23-44;2*1-3-2/h3-6,9,11-12,14,16-20,22-31,34-38,40-42H,1,10,13,21,33H2,2H3;2*3H,1H2,2H3/b20-6-,27-14-,43-19+,47-24+,59-41?;;. The van der Waals surface area contributed by atoms with Gasteiger partial charge in [-0.25, -0.2) is 0 Å². The SMILES string of the molecule is C#CCN=C/C(=C\CC/C=C\c1c(CC#C)c2ncccc2n1C1=CC=C=CC(N2C3=C=C(C=C(C4=C=CN=CC(C(/C=C\C)=C/C=C)=C4)C=C3)c3ncccc32)=C1)c1ccccc1.C=CC.C=CC. The molecule has 6 heteroatoms. The van der Waals surface area contributed by atoms with Gasteiger partial charge in [0.1, 0.15) is 5.69 Å². The molecule has 342 valence electrons. The molecule has 1 aromatic carbocycles. The second-order valence-corrected chi connectivity index (χ2v) is 15.6. The van der Waals surface area contributed by atoms with E-state index in [4.69, 9.17) is 22.8 Å². The molecule has 6 nitrogen and oxygen atoms in total. The zero-order chi connectivity index (χ0) is 49.5. The van der Waals surface area contributed by atoms with Crippen molar-refractivity contribution in [2.24, 2.45) is 9.98 Å². The molecule has 2 aliphatic carbocycles. The first-order chi connectivity index (χ1) is 34.4. The molecule has 0 spiro atoms. The van der Waals surface area contributed by atoms with Crippen molar-refractivity contribution >= 4 is 52.1 Å². The number of aromatic nitrogens is 3. The average molecular weight is 909 g/mol. The van der Waals surface area contributed by atoms with Gasteiger partial charge in [-0.15, -0.1) is 37.7 Å². The molecule has 2 bridgehead atoms. The van der Waals surface area contributed by atoms with E-state index in [-0.39, 0.29) is 0 Å². The molecule has 70 heavy (non-hydrogen) atoms. The fourth-order valence-electron chi connectivity index (χ4n) is 7.85. The molecule has 5 heterocycles. The van der Waals surface area contributed by atoms with Gasteiger partial charge >= 0.3 is 0 Å². The Kier molecular flexibility index (Phi) is 18.8. The van der Waals surface area contributed by atoms with Crippen molar-refractivity contribution in [2.75, 3.05) is 11.4 Å². The summed E-state index contributed by atoms with van der Waals surface area (Å²) >= 11 is 0. The molecule has 3 aromatic heterocycles. The Morgan fingerprint density at radius 2 is 1.66 bits per heavy atom. The molecule has 0 N–H and O–H groups in total. The minimum atomic E-state index is 0.334. The van der Waals surface area contributed by atoms with Gasteiger partial charge in [-0.3, -0.25) is 20.0 Å². The summed E-state index contributed by atoms with van der Waals surface area (Å²) in [7, 11) is 0. The predicted molar refractivity (Wildman–Crippen MR) is 300 cm³/mol. The molecule has 0 radical (unpaired) electrons. The number of hydrogen-bond donors (Lipinski definition) is 0. The number of allylic oxidation sites excluding steroid dienone is 21. The molecule has 0 unspecified atom stereocenters. The van der Waals surface area contributed by atoms with E-state index in [0.717, 1.165) is 103 Å². The van der Waals surface area contributed by atoms with Gasteiger partial charge in [0.05, 0.1) is 46.6 Å². The van der Waals surface area contributed by atoms with Gasteiger partial charge in [0.25, 0.3) is 0 Å². The van der Waals surface area contributed by atoms with Gasteiger partial charge in [-0.1, -0.05) is 109 Å². The average Bonchev–Trinajstić information content (AvgIpc) is 3.69. The van der Waals surface area contributed by atoms with Crippen LogP contribution < -0.4 is 4.90 Å². The van der Waals surface area contributed by atoms with Crippen LogP contribution in [0.4, 0.5) is 5.69 Å². The summed E-state index contributed by atoms with van der Waals surface area (Å²) in [5.41, 5.74) is 25.4. The van der Waals surface area contributed by atoms with Crippen LogP contribution in [-0.4, -0.2) is 33.5 Å². The highest BCUT2D eigenvalue weighted by Crippen LogP contribution is 2.40. The van der Waals surface area contributed by atoms with Crippen LogP contribution in [-0.2, 0) is 6.42 Å². The van der Waals surface area contributed by atoms with E-state index >= 15 is 0 Å². The molecular formula is C64H56N6. The predicted octanol–water partition coefficient (Wildman–Crippen LogP) is 14.6. The molecule has 2 aliphatic heterocycles. The zero-order valence-corrected chi connectivity index (χ0v) is 40.2. The van der Waals surface area contributed by atoms with Crippen LogP contribution in [0.2, 0.25) is 0 Å². The first-order valence-electron chi connectivity index (χ1n) is 23.0. The Hall–Kier alpha value is -9.24. The highest BCUT2D eigenvalue weighted by molar-refractivity contribution is 6.09. The Balaban J connectivity index is 0.00000127. The number of fused-ring (bicyclic) bond motifs is 3. The number of hydrogen-bond acceptors (Lipinski definition) is 5. The summed E-state index contributed by atoms with van der Waals surface area (Å²) in [5, 5.41) is 0. The molecule has 0 saturated carbocycles. The molecular weight excluding hydrogens is 853 g/mol. The molecule has 4 aliphatic rings. The number of benzene rings is 1. The number of nitrogens with zero attached hydrogens (tertiary/aromatic N) is 6. The maximum Gasteiger partial charge on any atom is 0.102 e. The van der Waals surface area contributed by atoms with E-state index in [9.17, 15) is 0 Å². The third-order valence-corrected chi connectivity index (χ3v) is 10.6.